The highest BCUT2D eigenvalue weighted by Gasteiger charge is 2.42. The van der Waals surface area contributed by atoms with Crippen LogP contribution in [0.15, 0.2) is 0 Å². The van der Waals surface area contributed by atoms with Crippen molar-refractivity contribution < 1.29 is 9.90 Å². The summed E-state index contributed by atoms with van der Waals surface area (Å²) in [5.41, 5.74) is -0.734. The number of amides is 1. The molecule has 92 valence electrons. The molecule has 1 saturated heterocycles. The van der Waals surface area contributed by atoms with Gasteiger partial charge in [-0.3, -0.25) is 4.79 Å². The Kier molecular flexibility index (Phi) is 3.50. The lowest BCUT2D eigenvalue weighted by molar-refractivity contribution is -0.144. The van der Waals surface area contributed by atoms with E-state index in [2.05, 4.69) is 5.32 Å². The summed E-state index contributed by atoms with van der Waals surface area (Å²) < 4.78 is 0. The molecule has 1 saturated carbocycles. The molecule has 2 rings (SSSR count). The molecule has 1 aliphatic heterocycles. The van der Waals surface area contributed by atoms with Crippen molar-refractivity contribution >= 4 is 5.91 Å². The largest absolute Gasteiger partial charge is 0.389 e. The fourth-order valence-electron chi connectivity index (χ4n) is 2.81. The van der Waals surface area contributed by atoms with E-state index >= 15 is 0 Å². The van der Waals surface area contributed by atoms with Crippen LogP contribution >= 0.6 is 0 Å². The molecule has 0 bridgehead atoms. The van der Waals surface area contributed by atoms with Crippen LogP contribution in [0.4, 0.5) is 0 Å². The van der Waals surface area contributed by atoms with Crippen molar-refractivity contribution in [2.75, 3.05) is 26.2 Å². The van der Waals surface area contributed by atoms with Crippen LogP contribution in [-0.2, 0) is 4.79 Å². The van der Waals surface area contributed by atoms with Crippen molar-refractivity contribution in [1.82, 2.24) is 10.2 Å². The van der Waals surface area contributed by atoms with Crippen molar-refractivity contribution in [3.05, 3.63) is 0 Å². The molecule has 0 aromatic carbocycles. The van der Waals surface area contributed by atoms with E-state index in [1.54, 1.807) is 0 Å². The minimum absolute atomic E-state index is 0.130. The van der Waals surface area contributed by atoms with Gasteiger partial charge >= 0.3 is 0 Å². The number of hydrogen-bond acceptors (Lipinski definition) is 3. The van der Waals surface area contributed by atoms with Gasteiger partial charge in [-0.25, -0.2) is 0 Å². The number of hydrogen-bond donors (Lipinski definition) is 2. The molecular weight excluding hydrogens is 204 g/mol. The molecule has 4 nitrogen and oxygen atoms in total. The number of nitrogens with zero attached hydrogens (tertiary/aromatic N) is 1. The van der Waals surface area contributed by atoms with Gasteiger partial charge in [0.15, 0.2) is 0 Å². The molecule has 1 aliphatic carbocycles. The van der Waals surface area contributed by atoms with Gasteiger partial charge in [0.2, 0.25) is 5.91 Å². The van der Waals surface area contributed by atoms with Gasteiger partial charge in [0.25, 0.3) is 0 Å². The number of carbonyl (C=O) groups excluding carboxylic acids is 1. The fourth-order valence-corrected chi connectivity index (χ4v) is 2.81. The predicted molar refractivity (Wildman–Crippen MR) is 62.0 cm³/mol. The quantitative estimate of drug-likeness (QED) is 0.715. The fraction of sp³-hybridized carbons (Fsp3) is 0.917. The zero-order chi connectivity index (χ0) is 11.6. The summed E-state index contributed by atoms with van der Waals surface area (Å²) in [7, 11) is 0. The van der Waals surface area contributed by atoms with E-state index in [1.807, 2.05) is 11.8 Å². The van der Waals surface area contributed by atoms with E-state index in [0.717, 1.165) is 51.9 Å². The van der Waals surface area contributed by atoms with Crippen LogP contribution < -0.4 is 5.32 Å². The summed E-state index contributed by atoms with van der Waals surface area (Å²) in [6, 6.07) is 0. The predicted octanol–water partition coefficient (Wildman–Crippen LogP) is 0.359. The normalized spacial score (nSPS) is 26.8. The lowest BCUT2D eigenvalue weighted by Crippen LogP contribution is -2.52. The lowest BCUT2D eigenvalue weighted by atomic mass is 9.86. The summed E-state index contributed by atoms with van der Waals surface area (Å²) in [4.78, 5) is 14.1. The average Bonchev–Trinajstić information content (AvgIpc) is 2.77. The van der Waals surface area contributed by atoms with Crippen molar-refractivity contribution in [2.45, 2.75) is 38.2 Å². The molecule has 1 heterocycles. The SMILES string of the molecule is CC(C(=O)N1CCNCC1)C1(O)CCCC1. The van der Waals surface area contributed by atoms with Crippen LogP contribution in [0, 0.1) is 5.92 Å². The Balaban J connectivity index is 1.97. The molecule has 2 N–H and O–H groups in total. The Morgan fingerprint density at radius 2 is 1.88 bits per heavy atom. The molecule has 1 atom stereocenters. The topological polar surface area (TPSA) is 52.6 Å². The van der Waals surface area contributed by atoms with Crippen molar-refractivity contribution in [1.29, 1.82) is 0 Å². The second-order valence-electron chi connectivity index (χ2n) is 5.11. The first-order valence-electron chi connectivity index (χ1n) is 6.35. The maximum Gasteiger partial charge on any atom is 0.228 e. The van der Waals surface area contributed by atoms with E-state index in [0.29, 0.717) is 0 Å². The Hall–Kier alpha value is -0.610. The summed E-state index contributed by atoms with van der Waals surface area (Å²) in [6.07, 6.45) is 3.67. The second kappa shape index (κ2) is 4.72. The number of aliphatic hydroxyl groups is 1. The van der Waals surface area contributed by atoms with Crippen LogP contribution in [-0.4, -0.2) is 47.7 Å². The number of piperazine rings is 1. The van der Waals surface area contributed by atoms with Crippen molar-refractivity contribution in [2.24, 2.45) is 5.92 Å². The molecular formula is C12H22N2O2. The molecule has 2 fully saturated rings. The van der Waals surface area contributed by atoms with Gasteiger partial charge in [-0.05, 0) is 12.8 Å². The molecule has 0 aromatic rings. The Bertz CT molecular complexity index is 256. The first-order chi connectivity index (χ1) is 7.63. The first-order valence-corrected chi connectivity index (χ1v) is 6.35. The van der Waals surface area contributed by atoms with Crippen LogP contribution in [0.2, 0.25) is 0 Å². The van der Waals surface area contributed by atoms with Crippen LogP contribution in [0.25, 0.3) is 0 Å². The summed E-state index contributed by atoms with van der Waals surface area (Å²) in [6.45, 7) is 5.18. The average molecular weight is 226 g/mol. The monoisotopic (exact) mass is 226 g/mol. The molecule has 2 aliphatic rings. The number of carbonyl (C=O) groups is 1. The zero-order valence-electron chi connectivity index (χ0n) is 10.0. The minimum Gasteiger partial charge on any atom is -0.389 e. The van der Waals surface area contributed by atoms with E-state index in [1.165, 1.54) is 0 Å². The maximum absolute atomic E-state index is 12.2. The minimum atomic E-state index is -0.734. The Labute approximate surface area is 97.0 Å². The molecule has 0 radical (unpaired) electrons. The van der Waals surface area contributed by atoms with Gasteiger partial charge in [-0.1, -0.05) is 19.8 Å². The van der Waals surface area contributed by atoms with Gasteiger partial charge < -0.3 is 15.3 Å². The molecule has 4 heteroatoms. The van der Waals surface area contributed by atoms with Gasteiger partial charge in [-0.2, -0.15) is 0 Å². The first kappa shape index (κ1) is 11.9. The molecule has 1 amide bonds. The van der Waals surface area contributed by atoms with E-state index in [-0.39, 0.29) is 11.8 Å². The molecule has 0 aromatic heterocycles. The van der Waals surface area contributed by atoms with Crippen molar-refractivity contribution in [3.8, 4) is 0 Å². The van der Waals surface area contributed by atoms with Gasteiger partial charge in [0.05, 0.1) is 11.5 Å². The van der Waals surface area contributed by atoms with E-state index < -0.39 is 5.60 Å². The molecule has 0 spiro atoms. The van der Waals surface area contributed by atoms with Gasteiger partial charge in [0, 0.05) is 26.2 Å². The highest BCUT2D eigenvalue weighted by atomic mass is 16.3. The maximum atomic E-state index is 12.2. The van der Waals surface area contributed by atoms with Crippen LogP contribution in [0.3, 0.4) is 0 Å². The van der Waals surface area contributed by atoms with Crippen LogP contribution in [0.1, 0.15) is 32.6 Å². The zero-order valence-corrected chi connectivity index (χ0v) is 10.0. The summed E-state index contributed by atoms with van der Waals surface area (Å²) in [5, 5.41) is 13.6. The second-order valence-corrected chi connectivity index (χ2v) is 5.11. The third-order valence-corrected chi connectivity index (χ3v) is 4.07. The summed E-state index contributed by atoms with van der Waals surface area (Å²) >= 11 is 0. The molecule has 1 unspecified atom stereocenters. The Morgan fingerprint density at radius 3 is 2.44 bits per heavy atom. The highest BCUT2D eigenvalue weighted by Crippen LogP contribution is 2.36. The third-order valence-electron chi connectivity index (χ3n) is 4.07. The van der Waals surface area contributed by atoms with E-state index in [9.17, 15) is 9.90 Å². The highest BCUT2D eigenvalue weighted by molar-refractivity contribution is 5.79. The smallest absolute Gasteiger partial charge is 0.228 e. The standard InChI is InChI=1S/C12H22N2O2/c1-10(12(16)4-2-3-5-12)11(15)14-8-6-13-7-9-14/h10,13,16H,2-9H2,1H3. The van der Waals surface area contributed by atoms with Crippen LogP contribution in [0.5, 0.6) is 0 Å². The summed E-state index contributed by atoms with van der Waals surface area (Å²) in [5.74, 6) is -0.112. The number of rotatable bonds is 2. The van der Waals surface area contributed by atoms with Crippen molar-refractivity contribution in [3.63, 3.8) is 0 Å². The van der Waals surface area contributed by atoms with Gasteiger partial charge in [0.1, 0.15) is 0 Å². The van der Waals surface area contributed by atoms with E-state index in [4.69, 9.17) is 0 Å². The lowest BCUT2D eigenvalue weighted by Gasteiger charge is -2.35. The third kappa shape index (κ3) is 2.23. The number of nitrogens with one attached hydrogen (secondary N) is 1. The molecule has 16 heavy (non-hydrogen) atoms. The Morgan fingerprint density at radius 1 is 1.31 bits per heavy atom. The van der Waals surface area contributed by atoms with Gasteiger partial charge in [-0.15, -0.1) is 0 Å².